The molecule has 33 heavy (non-hydrogen) atoms. The van der Waals surface area contributed by atoms with E-state index in [0.717, 1.165) is 22.2 Å². The average Bonchev–Trinajstić information content (AvgIpc) is 3.54. The molecule has 4 aromatic rings. The Kier molecular flexibility index (Phi) is 8.23. The van der Waals surface area contributed by atoms with Gasteiger partial charge < -0.3 is 0 Å². The molecule has 4 rings (SSSR count). The van der Waals surface area contributed by atoms with Crippen molar-refractivity contribution in [1.82, 2.24) is 15.1 Å². The van der Waals surface area contributed by atoms with E-state index in [4.69, 9.17) is 13.9 Å². The molecular weight excluding hydrogens is 517 g/mol. The van der Waals surface area contributed by atoms with Crippen LogP contribution in [0.5, 0.6) is 0 Å². The average molecular weight is 552 g/mol. The van der Waals surface area contributed by atoms with Gasteiger partial charge in [0.1, 0.15) is 0 Å². The molecule has 0 amide bonds. The van der Waals surface area contributed by atoms with Crippen LogP contribution in [0, 0.1) is 0 Å². The van der Waals surface area contributed by atoms with Crippen molar-refractivity contribution in [3.05, 3.63) is 48.9 Å². The van der Waals surface area contributed by atoms with Crippen molar-refractivity contribution in [2.45, 2.75) is 72.6 Å². The zero-order valence-electron chi connectivity index (χ0n) is 20.1. The fourth-order valence-corrected chi connectivity index (χ4v) is 20.7. The number of hydrogen-bond donors (Lipinski definition) is 0. The number of aromatic nitrogens is 3. The third kappa shape index (κ3) is 5.50. The van der Waals surface area contributed by atoms with Crippen LogP contribution in [0.2, 0.25) is 13.3 Å². The summed E-state index contributed by atoms with van der Waals surface area (Å²) in [5.74, 6) is 1.25. The molecule has 0 aliphatic rings. The van der Waals surface area contributed by atoms with Gasteiger partial charge in [-0.3, -0.25) is 0 Å². The predicted octanol–water partition coefficient (Wildman–Crippen LogP) is 7.60. The molecule has 0 unspecified atom stereocenters. The monoisotopic (exact) mass is 553 g/mol. The third-order valence-corrected chi connectivity index (χ3v) is 22.4. The molecule has 0 aliphatic heterocycles. The van der Waals surface area contributed by atoms with E-state index < -0.39 is 18.4 Å². The molecule has 0 saturated carbocycles. The van der Waals surface area contributed by atoms with E-state index in [9.17, 15) is 0 Å². The van der Waals surface area contributed by atoms with Gasteiger partial charge in [-0.25, -0.2) is 0 Å². The predicted molar refractivity (Wildman–Crippen MR) is 137 cm³/mol. The van der Waals surface area contributed by atoms with Crippen molar-refractivity contribution in [3.8, 4) is 22.8 Å². The van der Waals surface area contributed by atoms with E-state index in [0.29, 0.717) is 11.7 Å². The van der Waals surface area contributed by atoms with Crippen molar-refractivity contribution >= 4 is 33.1 Å². The Balaban J connectivity index is 1.66. The maximum absolute atomic E-state index is 6.16. The number of unbranched alkanes of at least 4 members (excludes halogenated alkanes) is 3. The van der Waals surface area contributed by atoms with Gasteiger partial charge in [-0.2, -0.15) is 0 Å². The minimum absolute atomic E-state index is 0.582. The van der Waals surface area contributed by atoms with Crippen LogP contribution < -0.4 is 3.58 Å². The zero-order chi connectivity index (χ0) is 23.1. The molecule has 0 aliphatic carbocycles. The molecule has 0 radical (unpaired) electrons. The summed E-state index contributed by atoms with van der Waals surface area (Å²) in [7, 11) is 0. The topological polar surface area (TPSA) is 65.0 Å². The van der Waals surface area contributed by atoms with E-state index in [1.807, 2.05) is 24.3 Å². The second-order valence-corrected chi connectivity index (χ2v) is 22.4. The Morgan fingerprint density at radius 2 is 1.42 bits per heavy atom. The van der Waals surface area contributed by atoms with Crippen LogP contribution in [0.1, 0.15) is 59.3 Å². The number of fused-ring (bicyclic) bond motifs is 1. The third-order valence-electron chi connectivity index (χ3n) is 6.78. The Morgan fingerprint density at radius 1 is 0.788 bits per heavy atom. The summed E-state index contributed by atoms with van der Waals surface area (Å²) in [6.07, 6.45) is 9.27. The van der Waals surface area contributed by atoms with Gasteiger partial charge in [0.2, 0.25) is 0 Å². The van der Waals surface area contributed by atoms with Crippen LogP contribution in [-0.2, 0) is 0 Å². The number of benzene rings is 2. The van der Waals surface area contributed by atoms with Crippen LogP contribution in [-0.4, -0.2) is 33.5 Å². The van der Waals surface area contributed by atoms with Crippen LogP contribution in [0.25, 0.3) is 33.9 Å². The maximum atomic E-state index is 6.16. The van der Waals surface area contributed by atoms with Gasteiger partial charge in [-0.05, 0) is 0 Å². The Morgan fingerprint density at radius 3 is 2.00 bits per heavy atom. The molecule has 6 heteroatoms. The van der Waals surface area contributed by atoms with Crippen molar-refractivity contribution in [2.24, 2.45) is 0 Å². The van der Waals surface area contributed by atoms with Gasteiger partial charge in [0, 0.05) is 0 Å². The summed E-state index contributed by atoms with van der Waals surface area (Å²) in [5, 5.41) is 3.90. The van der Waals surface area contributed by atoms with E-state index in [1.165, 1.54) is 58.2 Å². The molecule has 2 aromatic heterocycles. The number of hydrogen-bond acceptors (Lipinski definition) is 5. The van der Waals surface area contributed by atoms with Crippen LogP contribution in [0.4, 0.5) is 0 Å². The van der Waals surface area contributed by atoms with E-state index >= 15 is 0 Å². The first-order chi connectivity index (χ1) is 16.2. The first-order valence-corrected chi connectivity index (χ1v) is 20.0. The summed E-state index contributed by atoms with van der Waals surface area (Å²) in [6.45, 7) is 6.98. The number of oxazole rings is 1. The molecule has 174 valence electrons. The van der Waals surface area contributed by atoms with Crippen molar-refractivity contribution in [2.75, 3.05) is 0 Å². The molecule has 2 aromatic carbocycles. The molecule has 2 heterocycles. The van der Waals surface area contributed by atoms with Gasteiger partial charge >= 0.3 is 201 Å². The molecule has 5 nitrogen and oxygen atoms in total. The van der Waals surface area contributed by atoms with Gasteiger partial charge in [0.05, 0.1) is 0 Å². The van der Waals surface area contributed by atoms with Gasteiger partial charge in [0.25, 0.3) is 0 Å². The summed E-state index contributed by atoms with van der Waals surface area (Å²) < 4.78 is 17.0. The minimum atomic E-state index is -2.49. The Labute approximate surface area is 200 Å². The van der Waals surface area contributed by atoms with Crippen LogP contribution >= 0.6 is 0 Å². The summed E-state index contributed by atoms with van der Waals surface area (Å²) in [4.78, 5) is 9.02. The van der Waals surface area contributed by atoms with Gasteiger partial charge in [-0.1, -0.05) is 0 Å². The Bertz CT molecular complexity index is 1110. The van der Waals surface area contributed by atoms with Crippen LogP contribution in [0.3, 0.4) is 0 Å². The zero-order valence-corrected chi connectivity index (χ0v) is 23.0. The van der Waals surface area contributed by atoms with E-state index in [1.54, 1.807) is 3.58 Å². The van der Waals surface area contributed by atoms with Crippen molar-refractivity contribution < 1.29 is 8.94 Å². The normalized spacial score (nSPS) is 12.0. The molecular formula is C27H35N3O2Sn. The fraction of sp³-hybridized carbons (Fsp3) is 0.444. The molecule has 0 N–H and O–H groups in total. The summed E-state index contributed by atoms with van der Waals surface area (Å²) >= 11 is -2.49. The first-order valence-electron chi connectivity index (χ1n) is 12.5. The fourth-order valence-electron chi connectivity index (χ4n) is 4.79. The van der Waals surface area contributed by atoms with Crippen molar-refractivity contribution in [3.63, 3.8) is 0 Å². The second kappa shape index (κ2) is 11.3. The Hall–Kier alpha value is -2.15. The van der Waals surface area contributed by atoms with Crippen LogP contribution in [0.15, 0.2) is 57.8 Å². The molecule has 0 bridgehead atoms. The molecule has 0 spiro atoms. The standard InChI is InChI=1S/C15H8N3O2.3C4H9.Sn/c1-2-4-13-12(3-1)17-15(20-13)11-7-5-10(6-8-11)14-16-9-19-18-14;3*1-3-4-2;/h2-9H;3*1,3-4H2,2H3;. The van der Waals surface area contributed by atoms with Gasteiger partial charge in [0.15, 0.2) is 0 Å². The molecule has 0 saturated heterocycles. The summed E-state index contributed by atoms with van der Waals surface area (Å²) in [6, 6.07) is 14.9. The molecule has 0 fully saturated rings. The second-order valence-electron chi connectivity index (χ2n) is 9.12. The van der Waals surface area contributed by atoms with Gasteiger partial charge in [-0.15, -0.1) is 0 Å². The van der Waals surface area contributed by atoms with E-state index in [-0.39, 0.29) is 0 Å². The van der Waals surface area contributed by atoms with Crippen molar-refractivity contribution in [1.29, 1.82) is 0 Å². The SMILES string of the molecule is CCC[CH2][Sn]([CH2]CCC)([CH2]CCC)[c]1ccc2oc(-c3ccc(-c4ncon4)cc3)nc2c1. The van der Waals surface area contributed by atoms with E-state index in [2.05, 4.69) is 49.1 Å². The quantitative estimate of drug-likeness (QED) is 0.169. The number of nitrogens with zero attached hydrogens (tertiary/aromatic N) is 3. The molecule has 0 atom stereocenters. The first kappa shape index (κ1) is 24.0. The number of rotatable bonds is 12. The summed E-state index contributed by atoms with van der Waals surface area (Å²) in [5.41, 5.74) is 3.73.